The van der Waals surface area contributed by atoms with Gasteiger partial charge in [0.1, 0.15) is 11.2 Å². The number of allylic oxidation sites excluding steroid dienone is 1. The Kier molecular flexibility index (Phi) is 3.64. The Labute approximate surface area is 187 Å². The van der Waals surface area contributed by atoms with Gasteiger partial charge in [-0.05, 0) is 47.2 Å². The third kappa shape index (κ3) is 2.02. The largest absolute Gasteiger partial charge is 0.370 e. The van der Waals surface area contributed by atoms with E-state index in [9.17, 15) is 4.79 Å². The van der Waals surface area contributed by atoms with E-state index in [-0.39, 0.29) is 17.6 Å². The summed E-state index contributed by atoms with van der Waals surface area (Å²) in [7, 11) is 0. The highest BCUT2D eigenvalue weighted by molar-refractivity contribution is 5.96. The van der Waals surface area contributed by atoms with E-state index in [0.29, 0.717) is 6.61 Å². The number of ether oxygens (including phenoxy) is 2. The molecule has 0 unspecified atom stereocenters. The molecule has 3 aliphatic heterocycles. The van der Waals surface area contributed by atoms with Crippen LogP contribution in [0.25, 0.3) is 0 Å². The molecule has 0 N–H and O–H groups in total. The highest BCUT2D eigenvalue weighted by atomic mass is 16.6. The van der Waals surface area contributed by atoms with Gasteiger partial charge in [-0.2, -0.15) is 0 Å². The molecule has 0 saturated carbocycles. The molecule has 3 heterocycles. The van der Waals surface area contributed by atoms with Gasteiger partial charge in [-0.3, -0.25) is 4.79 Å². The molecule has 3 aromatic carbocycles. The molecule has 5 atom stereocenters. The smallest absolute Gasteiger partial charge is 0.162 e. The van der Waals surface area contributed by atoms with Gasteiger partial charge in [0.05, 0.1) is 11.5 Å². The molecule has 0 amide bonds. The van der Waals surface area contributed by atoms with E-state index in [1.54, 1.807) is 6.08 Å². The summed E-state index contributed by atoms with van der Waals surface area (Å²) in [5, 5.41) is 0. The number of benzene rings is 3. The standard InChI is InChI=1S/C29H24O3/c30-24-16-18-27(17-9-19-31-27)26-25(24)28(20-10-3-1-4-11-20)22-14-7-8-15-23(22)29(26,32-28)21-12-5-2-6-13-21/h1-8,10-16,18,25-26H,9,17,19H2/t25-,26-,27+,28-,29+/m0/s1. The highest BCUT2D eigenvalue weighted by Gasteiger charge is 2.77. The van der Waals surface area contributed by atoms with Crippen LogP contribution in [0.15, 0.2) is 97.1 Å². The molecule has 7 rings (SSSR count). The van der Waals surface area contributed by atoms with E-state index in [1.807, 2.05) is 30.3 Å². The minimum Gasteiger partial charge on any atom is -0.370 e. The molecular weight excluding hydrogens is 396 g/mol. The number of carbonyl (C=O) groups is 1. The lowest BCUT2D eigenvalue weighted by atomic mass is 9.53. The van der Waals surface area contributed by atoms with Crippen molar-refractivity contribution in [1.82, 2.24) is 0 Å². The third-order valence-electron chi connectivity index (χ3n) is 8.11. The van der Waals surface area contributed by atoms with Crippen molar-refractivity contribution in [3.05, 3.63) is 119 Å². The van der Waals surface area contributed by atoms with Gasteiger partial charge in [0.25, 0.3) is 0 Å². The molecule has 3 nitrogen and oxygen atoms in total. The first-order chi connectivity index (χ1) is 15.7. The summed E-state index contributed by atoms with van der Waals surface area (Å²) in [6, 6.07) is 29.2. The van der Waals surface area contributed by atoms with E-state index < -0.39 is 16.8 Å². The Morgan fingerprint density at radius 2 is 1.34 bits per heavy atom. The zero-order valence-corrected chi connectivity index (χ0v) is 17.7. The van der Waals surface area contributed by atoms with Crippen molar-refractivity contribution in [3.8, 4) is 0 Å². The quantitative estimate of drug-likeness (QED) is 0.576. The Morgan fingerprint density at radius 1 is 0.750 bits per heavy atom. The summed E-state index contributed by atoms with van der Waals surface area (Å²) in [5.74, 6) is -0.345. The fourth-order valence-electron chi connectivity index (χ4n) is 7.07. The average Bonchev–Trinajstić information content (AvgIpc) is 3.54. The second-order valence-corrected chi connectivity index (χ2v) is 9.45. The normalized spacial score (nSPS) is 36.4. The van der Waals surface area contributed by atoms with E-state index in [1.165, 1.54) is 0 Å². The van der Waals surface area contributed by atoms with Gasteiger partial charge in [0, 0.05) is 12.5 Å². The van der Waals surface area contributed by atoms with Gasteiger partial charge in [-0.25, -0.2) is 0 Å². The van der Waals surface area contributed by atoms with Crippen molar-refractivity contribution in [2.24, 2.45) is 11.8 Å². The zero-order chi connectivity index (χ0) is 21.4. The van der Waals surface area contributed by atoms with Crippen LogP contribution in [0.2, 0.25) is 0 Å². The predicted molar refractivity (Wildman–Crippen MR) is 121 cm³/mol. The van der Waals surface area contributed by atoms with Crippen molar-refractivity contribution in [2.75, 3.05) is 6.61 Å². The second kappa shape index (κ2) is 6.28. The fourth-order valence-corrected chi connectivity index (χ4v) is 7.07. The topological polar surface area (TPSA) is 35.5 Å². The van der Waals surface area contributed by atoms with E-state index in [4.69, 9.17) is 9.47 Å². The summed E-state index contributed by atoms with van der Waals surface area (Å²) < 4.78 is 13.9. The molecule has 32 heavy (non-hydrogen) atoms. The van der Waals surface area contributed by atoms with Crippen LogP contribution in [0.5, 0.6) is 0 Å². The number of hydrogen-bond acceptors (Lipinski definition) is 3. The Morgan fingerprint density at radius 3 is 1.97 bits per heavy atom. The van der Waals surface area contributed by atoms with Crippen LogP contribution < -0.4 is 0 Å². The lowest BCUT2D eigenvalue weighted by molar-refractivity contribution is -0.128. The van der Waals surface area contributed by atoms with Crippen LogP contribution in [0, 0.1) is 11.8 Å². The van der Waals surface area contributed by atoms with E-state index >= 15 is 0 Å². The summed E-state index contributed by atoms with van der Waals surface area (Å²) >= 11 is 0. The number of hydrogen-bond donors (Lipinski definition) is 0. The van der Waals surface area contributed by atoms with Crippen LogP contribution in [0.3, 0.4) is 0 Å². The van der Waals surface area contributed by atoms with Crippen molar-refractivity contribution in [2.45, 2.75) is 29.6 Å². The molecule has 1 aliphatic carbocycles. The van der Waals surface area contributed by atoms with Gasteiger partial charge in [0.2, 0.25) is 0 Å². The predicted octanol–water partition coefficient (Wildman–Crippen LogP) is 5.14. The number of rotatable bonds is 2. The Bertz CT molecular complexity index is 1240. The minimum atomic E-state index is -0.834. The number of fused-ring (bicyclic) bond motifs is 9. The van der Waals surface area contributed by atoms with E-state index in [0.717, 1.165) is 35.1 Å². The van der Waals surface area contributed by atoms with Crippen LogP contribution in [0.1, 0.15) is 35.1 Å². The second-order valence-electron chi connectivity index (χ2n) is 9.45. The molecule has 2 bridgehead atoms. The van der Waals surface area contributed by atoms with Gasteiger partial charge in [-0.1, -0.05) is 84.9 Å². The van der Waals surface area contributed by atoms with Crippen molar-refractivity contribution in [1.29, 1.82) is 0 Å². The lowest BCUT2D eigenvalue weighted by Gasteiger charge is -2.49. The van der Waals surface area contributed by atoms with Crippen molar-refractivity contribution >= 4 is 5.78 Å². The van der Waals surface area contributed by atoms with Crippen LogP contribution in [-0.2, 0) is 25.5 Å². The average molecular weight is 421 g/mol. The first-order valence-corrected chi connectivity index (χ1v) is 11.5. The molecule has 0 aromatic heterocycles. The molecule has 3 heteroatoms. The van der Waals surface area contributed by atoms with Gasteiger partial charge < -0.3 is 9.47 Å². The first-order valence-electron chi connectivity index (χ1n) is 11.5. The van der Waals surface area contributed by atoms with E-state index in [2.05, 4.69) is 60.7 Å². The molecule has 1 spiro atoms. The SMILES string of the molecule is O=C1C=C[C@]2(CCCO2)[C@@H]2[C@H]1[C@@]1(c3ccccc3)O[C@]2(c2ccccc2)c2ccccc21. The van der Waals surface area contributed by atoms with Gasteiger partial charge in [-0.15, -0.1) is 0 Å². The molecule has 2 fully saturated rings. The molecule has 2 saturated heterocycles. The van der Waals surface area contributed by atoms with Crippen LogP contribution >= 0.6 is 0 Å². The van der Waals surface area contributed by atoms with Gasteiger partial charge >= 0.3 is 0 Å². The lowest BCUT2D eigenvalue weighted by Crippen LogP contribution is -2.56. The Balaban J connectivity index is 1.62. The molecular formula is C29H24O3. The third-order valence-corrected chi connectivity index (χ3v) is 8.11. The minimum absolute atomic E-state index is 0.132. The highest BCUT2D eigenvalue weighted by Crippen LogP contribution is 2.72. The summed E-state index contributed by atoms with van der Waals surface area (Å²) in [5.41, 5.74) is 2.31. The van der Waals surface area contributed by atoms with Crippen molar-refractivity contribution < 1.29 is 14.3 Å². The Hall–Kier alpha value is -3.01. The summed E-state index contributed by atoms with van der Waals surface area (Å²) in [4.78, 5) is 13.7. The maximum absolute atomic E-state index is 13.7. The first kappa shape index (κ1) is 18.6. The molecule has 4 aliphatic rings. The molecule has 3 aromatic rings. The summed E-state index contributed by atoms with van der Waals surface area (Å²) in [6.07, 6.45) is 5.71. The maximum atomic E-state index is 13.7. The monoisotopic (exact) mass is 420 g/mol. The maximum Gasteiger partial charge on any atom is 0.162 e. The molecule has 158 valence electrons. The van der Waals surface area contributed by atoms with Gasteiger partial charge in [0.15, 0.2) is 5.78 Å². The van der Waals surface area contributed by atoms with Crippen LogP contribution in [-0.4, -0.2) is 18.0 Å². The fraction of sp³-hybridized carbons (Fsp3) is 0.276. The number of carbonyl (C=O) groups excluding carboxylic acids is 1. The van der Waals surface area contributed by atoms with Crippen LogP contribution in [0.4, 0.5) is 0 Å². The zero-order valence-electron chi connectivity index (χ0n) is 17.7. The summed E-state index contributed by atoms with van der Waals surface area (Å²) in [6.45, 7) is 0.715. The van der Waals surface area contributed by atoms with Crippen molar-refractivity contribution in [3.63, 3.8) is 0 Å². The molecule has 0 radical (unpaired) electrons. The number of ketones is 1.